The van der Waals surface area contributed by atoms with Crippen molar-refractivity contribution >= 4 is 11.8 Å². The number of carbonyl (C=O) groups is 2. The van der Waals surface area contributed by atoms with E-state index in [0.29, 0.717) is 0 Å². The van der Waals surface area contributed by atoms with Crippen molar-refractivity contribution in [1.29, 1.82) is 0 Å². The number of ketones is 1. The monoisotopic (exact) mass is 180 g/mol. The van der Waals surface area contributed by atoms with Gasteiger partial charge in [0.05, 0.1) is 5.92 Å². The van der Waals surface area contributed by atoms with Crippen molar-refractivity contribution < 1.29 is 14.7 Å². The van der Waals surface area contributed by atoms with Gasteiger partial charge in [-0.25, -0.2) is 0 Å². The number of carboxylic acid groups (broad SMARTS) is 1. The molecule has 2 aliphatic rings. The molecule has 0 aliphatic heterocycles. The molecular formula is C10H12O3. The van der Waals surface area contributed by atoms with Crippen LogP contribution in [0, 0.1) is 23.7 Å². The van der Waals surface area contributed by atoms with Crippen molar-refractivity contribution in [3.63, 3.8) is 0 Å². The van der Waals surface area contributed by atoms with Gasteiger partial charge in [0, 0.05) is 5.92 Å². The maximum atomic E-state index is 11.3. The quantitative estimate of drug-likeness (QED) is 0.647. The van der Waals surface area contributed by atoms with Gasteiger partial charge in [0.15, 0.2) is 0 Å². The van der Waals surface area contributed by atoms with E-state index in [1.165, 1.54) is 6.92 Å². The molecule has 1 N–H and O–H groups in total. The Morgan fingerprint density at radius 1 is 1.23 bits per heavy atom. The van der Waals surface area contributed by atoms with Gasteiger partial charge >= 0.3 is 5.97 Å². The highest BCUT2D eigenvalue weighted by molar-refractivity contribution is 5.86. The molecule has 2 bridgehead atoms. The maximum Gasteiger partial charge on any atom is 0.307 e. The highest BCUT2D eigenvalue weighted by atomic mass is 16.4. The third-order valence-corrected chi connectivity index (χ3v) is 3.21. The normalized spacial score (nSPS) is 41.0. The minimum atomic E-state index is -0.822. The van der Waals surface area contributed by atoms with Crippen LogP contribution in [0.3, 0.4) is 0 Å². The zero-order chi connectivity index (χ0) is 9.59. The molecule has 0 heterocycles. The zero-order valence-corrected chi connectivity index (χ0v) is 7.43. The van der Waals surface area contributed by atoms with E-state index in [0.717, 1.165) is 6.42 Å². The molecule has 0 spiro atoms. The van der Waals surface area contributed by atoms with Crippen LogP contribution in [-0.2, 0) is 9.59 Å². The lowest BCUT2D eigenvalue weighted by Crippen LogP contribution is -2.31. The van der Waals surface area contributed by atoms with Crippen LogP contribution in [0.15, 0.2) is 12.2 Å². The topological polar surface area (TPSA) is 54.4 Å². The number of hydrogen-bond acceptors (Lipinski definition) is 2. The van der Waals surface area contributed by atoms with Crippen LogP contribution in [0.1, 0.15) is 13.3 Å². The Kier molecular flexibility index (Phi) is 1.75. The van der Waals surface area contributed by atoms with Crippen LogP contribution in [0.2, 0.25) is 0 Å². The van der Waals surface area contributed by atoms with E-state index in [-0.39, 0.29) is 23.5 Å². The summed E-state index contributed by atoms with van der Waals surface area (Å²) in [4.78, 5) is 22.2. The Labute approximate surface area is 76.4 Å². The summed E-state index contributed by atoms with van der Waals surface area (Å²) in [5, 5.41) is 8.97. The molecule has 0 aromatic rings. The van der Waals surface area contributed by atoms with Crippen LogP contribution < -0.4 is 0 Å². The van der Waals surface area contributed by atoms with Crippen LogP contribution >= 0.6 is 0 Å². The number of Topliss-reactive ketones (excluding diaryl/α,β-unsaturated/α-hetero) is 1. The number of carbonyl (C=O) groups excluding carboxylic acids is 1. The fraction of sp³-hybridized carbons (Fsp3) is 0.600. The minimum absolute atomic E-state index is 0.0178. The third-order valence-electron chi connectivity index (χ3n) is 3.21. The molecule has 0 aromatic heterocycles. The second-order valence-electron chi connectivity index (χ2n) is 3.95. The molecule has 0 aromatic carbocycles. The molecule has 0 unspecified atom stereocenters. The van der Waals surface area contributed by atoms with E-state index < -0.39 is 11.9 Å². The van der Waals surface area contributed by atoms with Gasteiger partial charge in [-0.1, -0.05) is 12.2 Å². The maximum absolute atomic E-state index is 11.3. The number of hydrogen-bond donors (Lipinski definition) is 1. The largest absolute Gasteiger partial charge is 0.481 e. The number of fused-ring (bicyclic) bond motifs is 2. The van der Waals surface area contributed by atoms with Gasteiger partial charge < -0.3 is 5.11 Å². The molecule has 1 saturated carbocycles. The smallest absolute Gasteiger partial charge is 0.307 e. The average Bonchev–Trinajstić information content (AvgIpc) is 2.60. The Morgan fingerprint density at radius 2 is 1.77 bits per heavy atom. The van der Waals surface area contributed by atoms with E-state index in [1.807, 2.05) is 12.2 Å². The highest BCUT2D eigenvalue weighted by Crippen LogP contribution is 2.48. The summed E-state index contributed by atoms with van der Waals surface area (Å²) in [5.41, 5.74) is 0. The lowest BCUT2D eigenvalue weighted by molar-refractivity contribution is -0.147. The second kappa shape index (κ2) is 2.69. The lowest BCUT2D eigenvalue weighted by Gasteiger charge is -2.21. The van der Waals surface area contributed by atoms with Gasteiger partial charge in [-0.2, -0.15) is 0 Å². The fourth-order valence-electron chi connectivity index (χ4n) is 2.71. The molecule has 1 fully saturated rings. The Balaban J connectivity index is 2.30. The lowest BCUT2D eigenvalue weighted by atomic mass is 9.81. The molecule has 4 atom stereocenters. The van der Waals surface area contributed by atoms with Gasteiger partial charge in [-0.3, -0.25) is 9.59 Å². The first-order chi connectivity index (χ1) is 6.11. The standard InChI is InChI=1S/C10H12O3/c1-5(11)8-6-2-3-7(4-6)9(8)10(12)13/h2-3,6-9H,4H2,1H3,(H,12,13)/t6-,7+,8-,9-/m1/s1. The molecule has 0 saturated heterocycles. The van der Waals surface area contributed by atoms with Crippen molar-refractivity contribution in [2.75, 3.05) is 0 Å². The zero-order valence-electron chi connectivity index (χ0n) is 7.43. The van der Waals surface area contributed by atoms with E-state index in [4.69, 9.17) is 5.11 Å². The molecule has 13 heavy (non-hydrogen) atoms. The van der Waals surface area contributed by atoms with E-state index in [2.05, 4.69) is 0 Å². The van der Waals surface area contributed by atoms with Crippen LogP contribution in [0.5, 0.6) is 0 Å². The van der Waals surface area contributed by atoms with Gasteiger partial charge in [0.25, 0.3) is 0 Å². The molecule has 3 heteroatoms. The Bertz CT molecular complexity index is 265. The first-order valence-electron chi connectivity index (χ1n) is 4.53. The van der Waals surface area contributed by atoms with Crippen molar-refractivity contribution in [2.24, 2.45) is 23.7 Å². The third kappa shape index (κ3) is 1.10. The summed E-state index contributed by atoms with van der Waals surface area (Å²) in [6, 6.07) is 0. The number of carboxylic acids is 1. The number of allylic oxidation sites excluding steroid dienone is 2. The second-order valence-corrected chi connectivity index (χ2v) is 3.95. The number of rotatable bonds is 2. The van der Waals surface area contributed by atoms with Crippen molar-refractivity contribution in [2.45, 2.75) is 13.3 Å². The van der Waals surface area contributed by atoms with Crippen molar-refractivity contribution in [3.8, 4) is 0 Å². The number of aliphatic carboxylic acids is 1. The summed E-state index contributed by atoms with van der Waals surface area (Å²) < 4.78 is 0. The van der Waals surface area contributed by atoms with Crippen molar-refractivity contribution in [3.05, 3.63) is 12.2 Å². The SMILES string of the molecule is CC(=O)[C@H]1[C@H](C(=O)O)[C@H]2C=C[C@@H]1C2. The van der Waals surface area contributed by atoms with Gasteiger partial charge in [-0.15, -0.1) is 0 Å². The summed E-state index contributed by atoms with van der Waals surface area (Å²) in [6.45, 7) is 1.50. The predicted octanol–water partition coefficient (Wildman–Crippen LogP) is 1.10. The first-order valence-corrected chi connectivity index (χ1v) is 4.53. The molecule has 2 rings (SSSR count). The van der Waals surface area contributed by atoms with Crippen LogP contribution in [-0.4, -0.2) is 16.9 Å². The van der Waals surface area contributed by atoms with Crippen molar-refractivity contribution in [1.82, 2.24) is 0 Å². The highest BCUT2D eigenvalue weighted by Gasteiger charge is 2.50. The molecule has 0 amide bonds. The van der Waals surface area contributed by atoms with Crippen LogP contribution in [0.25, 0.3) is 0 Å². The summed E-state index contributed by atoms with van der Waals surface area (Å²) >= 11 is 0. The molecule has 2 aliphatic carbocycles. The average molecular weight is 180 g/mol. The van der Waals surface area contributed by atoms with E-state index in [9.17, 15) is 9.59 Å². The van der Waals surface area contributed by atoms with Gasteiger partial charge in [0.1, 0.15) is 5.78 Å². The van der Waals surface area contributed by atoms with E-state index in [1.54, 1.807) is 0 Å². The first kappa shape index (κ1) is 8.48. The molecular weight excluding hydrogens is 168 g/mol. The molecule has 70 valence electrons. The summed E-state index contributed by atoms with van der Waals surface area (Å²) in [5.74, 6) is -1.26. The predicted molar refractivity (Wildman–Crippen MR) is 46.0 cm³/mol. The molecule has 0 radical (unpaired) electrons. The Morgan fingerprint density at radius 3 is 2.15 bits per heavy atom. The Hall–Kier alpha value is -1.12. The van der Waals surface area contributed by atoms with E-state index >= 15 is 0 Å². The van der Waals surface area contributed by atoms with Crippen LogP contribution in [0.4, 0.5) is 0 Å². The van der Waals surface area contributed by atoms with Gasteiger partial charge in [-0.05, 0) is 25.2 Å². The fourth-order valence-corrected chi connectivity index (χ4v) is 2.71. The minimum Gasteiger partial charge on any atom is -0.481 e. The molecule has 3 nitrogen and oxygen atoms in total. The van der Waals surface area contributed by atoms with Gasteiger partial charge in [0.2, 0.25) is 0 Å². The summed E-state index contributed by atoms with van der Waals surface area (Å²) in [7, 11) is 0. The summed E-state index contributed by atoms with van der Waals surface area (Å²) in [6.07, 6.45) is 4.79.